The average Bonchev–Trinajstić information content (AvgIpc) is 3.12. The van der Waals surface area contributed by atoms with Gasteiger partial charge >= 0.3 is 0 Å². The molecule has 9 heteroatoms. The summed E-state index contributed by atoms with van der Waals surface area (Å²) >= 11 is 7.04. The molecule has 0 saturated heterocycles. The second-order valence-electron chi connectivity index (χ2n) is 7.26. The van der Waals surface area contributed by atoms with Crippen LogP contribution < -0.4 is 5.32 Å². The summed E-state index contributed by atoms with van der Waals surface area (Å²) in [6.45, 7) is 2.70. The summed E-state index contributed by atoms with van der Waals surface area (Å²) in [5.41, 5.74) is 1.21. The van der Waals surface area contributed by atoms with Gasteiger partial charge in [0.15, 0.2) is 11.0 Å². The van der Waals surface area contributed by atoms with Gasteiger partial charge in [0.05, 0.1) is 24.0 Å². The number of benzene rings is 2. The summed E-state index contributed by atoms with van der Waals surface area (Å²) in [5, 5.41) is 12.3. The van der Waals surface area contributed by atoms with Crippen molar-refractivity contribution >= 4 is 35.0 Å². The minimum Gasteiger partial charge on any atom is -0.323 e. The molecule has 1 amide bonds. The molecule has 0 saturated carbocycles. The fourth-order valence-electron chi connectivity index (χ4n) is 3.25. The van der Waals surface area contributed by atoms with Crippen molar-refractivity contribution in [3.63, 3.8) is 0 Å². The lowest BCUT2D eigenvalue weighted by Crippen LogP contribution is -2.23. The van der Waals surface area contributed by atoms with E-state index in [-0.39, 0.29) is 28.4 Å². The largest absolute Gasteiger partial charge is 0.323 e. The quantitative estimate of drug-likeness (QED) is 0.461. The molecule has 6 nitrogen and oxygen atoms in total. The Kier molecular flexibility index (Phi) is 8.06. The van der Waals surface area contributed by atoms with E-state index in [2.05, 4.69) is 27.3 Å². The molecule has 2 aromatic carbocycles. The summed E-state index contributed by atoms with van der Waals surface area (Å²) in [4.78, 5) is 14.5. The molecular formula is C22H25ClFN5OS. The Labute approximate surface area is 190 Å². The Morgan fingerprint density at radius 2 is 1.97 bits per heavy atom. The van der Waals surface area contributed by atoms with Crippen molar-refractivity contribution in [2.75, 3.05) is 25.2 Å². The topological polar surface area (TPSA) is 63.1 Å². The summed E-state index contributed by atoms with van der Waals surface area (Å²) in [7, 11) is 4.02. The Morgan fingerprint density at radius 1 is 1.23 bits per heavy atom. The first-order valence-electron chi connectivity index (χ1n) is 9.90. The number of amides is 1. The van der Waals surface area contributed by atoms with Crippen LogP contribution in [0.5, 0.6) is 0 Å². The number of aromatic nitrogens is 3. The number of nitrogens with one attached hydrogen (secondary N) is 1. The molecule has 0 bridgehead atoms. The summed E-state index contributed by atoms with van der Waals surface area (Å²) < 4.78 is 16.0. The number of hydrogen-bond acceptors (Lipinski definition) is 5. The van der Waals surface area contributed by atoms with Gasteiger partial charge in [-0.25, -0.2) is 4.39 Å². The van der Waals surface area contributed by atoms with Gasteiger partial charge in [0.1, 0.15) is 5.82 Å². The molecule has 0 aliphatic heterocycles. The predicted octanol–water partition coefficient (Wildman–Crippen LogP) is 4.86. The number of thioether (sulfide) groups is 1. The van der Waals surface area contributed by atoms with Crippen molar-refractivity contribution in [2.45, 2.75) is 31.1 Å². The van der Waals surface area contributed by atoms with E-state index in [1.807, 2.05) is 49.0 Å². The second kappa shape index (κ2) is 10.7. The number of anilines is 1. The maximum atomic E-state index is 14.0. The zero-order chi connectivity index (χ0) is 22.4. The maximum Gasteiger partial charge on any atom is 0.234 e. The van der Waals surface area contributed by atoms with Gasteiger partial charge in [0, 0.05) is 5.02 Å². The Morgan fingerprint density at radius 3 is 2.61 bits per heavy atom. The molecule has 0 spiro atoms. The summed E-state index contributed by atoms with van der Waals surface area (Å²) in [6, 6.07) is 14.3. The first kappa shape index (κ1) is 23.2. The van der Waals surface area contributed by atoms with Crippen LogP contribution in [-0.4, -0.2) is 45.4 Å². The Hall–Kier alpha value is -2.42. The fraction of sp³-hybridized carbons (Fsp3) is 0.318. The molecule has 1 heterocycles. The highest BCUT2D eigenvalue weighted by molar-refractivity contribution is 7.99. The van der Waals surface area contributed by atoms with Gasteiger partial charge in [-0.15, -0.1) is 10.2 Å². The molecule has 0 aliphatic carbocycles. The number of carbonyl (C=O) groups is 1. The number of nitrogens with zero attached hydrogens (tertiary/aromatic N) is 4. The van der Waals surface area contributed by atoms with E-state index in [1.165, 1.54) is 30.0 Å². The number of hydrogen-bond donors (Lipinski definition) is 1. The molecule has 164 valence electrons. The van der Waals surface area contributed by atoms with E-state index in [4.69, 9.17) is 11.6 Å². The lowest BCUT2D eigenvalue weighted by molar-refractivity contribution is -0.113. The van der Waals surface area contributed by atoms with Gasteiger partial charge in [-0.3, -0.25) is 9.69 Å². The van der Waals surface area contributed by atoms with Crippen LogP contribution in [0.4, 0.5) is 10.1 Å². The molecule has 3 rings (SSSR count). The molecule has 1 atom stereocenters. The van der Waals surface area contributed by atoms with Crippen LogP contribution in [0.3, 0.4) is 0 Å². The second-order valence-corrected chi connectivity index (χ2v) is 8.64. The van der Waals surface area contributed by atoms with Crippen molar-refractivity contribution in [1.29, 1.82) is 0 Å². The third-order valence-corrected chi connectivity index (χ3v) is 5.98. The SMILES string of the molecule is CCC(c1nnc(SCC(=O)Nc2ccc(Cl)cc2F)n1Cc1ccccc1)N(C)C. The van der Waals surface area contributed by atoms with Gasteiger partial charge in [-0.2, -0.15) is 0 Å². The van der Waals surface area contributed by atoms with Gasteiger partial charge in [0.2, 0.25) is 5.91 Å². The van der Waals surface area contributed by atoms with Crippen LogP contribution in [-0.2, 0) is 11.3 Å². The third-order valence-electron chi connectivity index (χ3n) is 4.77. The van der Waals surface area contributed by atoms with Gasteiger partial charge < -0.3 is 9.88 Å². The van der Waals surface area contributed by atoms with E-state index in [1.54, 1.807) is 0 Å². The molecule has 0 aliphatic rings. The monoisotopic (exact) mass is 461 g/mol. The normalized spacial score (nSPS) is 12.2. The predicted molar refractivity (Wildman–Crippen MR) is 123 cm³/mol. The van der Waals surface area contributed by atoms with Crippen molar-refractivity contribution < 1.29 is 9.18 Å². The first-order chi connectivity index (χ1) is 14.9. The van der Waals surface area contributed by atoms with Crippen molar-refractivity contribution in [2.24, 2.45) is 0 Å². The first-order valence-corrected chi connectivity index (χ1v) is 11.3. The molecular weight excluding hydrogens is 437 g/mol. The highest BCUT2D eigenvalue weighted by Gasteiger charge is 2.22. The fourth-order valence-corrected chi connectivity index (χ4v) is 4.16. The molecule has 0 radical (unpaired) electrons. The van der Waals surface area contributed by atoms with Crippen LogP contribution in [0.2, 0.25) is 5.02 Å². The summed E-state index contributed by atoms with van der Waals surface area (Å²) in [6.07, 6.45) is 0.876. The van der Waals surface area contributed by atoms with E-state index in [0.29, 0.717) is 11.7 Å². The molecule has 1 N–H and O–H groups in total. The number of rotatable bonds is 9. The third kappa shape index (κ3) is 6.06. The van der Waals surface area contributed by atoms with E-state index >= 15 is 0 Å². The maximum absolute atomic E-state index is 14.0. The zero-order valence-electron chi connectivity index (χ0n) is 17.7. The van der Waals surface area contributed by atoms with Crippen LogP contribution in [0.1, 0.15) is 30.8 Å². The molecule has 0 fully saturated rings. The van der Waals surface area contributed by atoms with Crippen LogP contribution in [0.15, 0.2) is 53.7 Å². The van der Waals surface area contributed by atoms with Crippen molar-refractivity contribution in [1.82, 2.24) is 19.7 Å². The highest BCUT2D eigenvalue weighted by Crippen LogP contribution is 2.26. The van der Waals surface area contributed by atoms with Crippen LogP contribution >= 0.6 is 23.4 Å². The lowest BCUT2D eigenvalue weighted by Gasteiger charge is -2.23. The van der Waals surface area contributed by atoms with E-state index in [9.17, 15) is 9.18 Å². The zero-order valence-corrected chi connectivity index (χ0v) is 19.3. The summed E-state index contributed by atoms with van der Waals surface area (Å²) in [5.74, 6) is 0.0233. The van der Waals surface area contributed by atoms with Gasteiger partial charge in [0.25, 0.3) is 0 Å². The lowest BCUT2D eigenvalue weighted by atomic mass is 10.2. The minimum atomic E-state index is -0.572. The number of halogens is 2. The molecule has 3 aromatic rings. The van der Waals surface area contributed by atoms with Crippen molar-refractivity contribution in [3.05, 3.63) is 70.8 Å². The van der Waals surface area contributed by atoms with Gasteiger partial charge in [-0.05, 0) is 44.3 Å². The standard InChI is InChI=1S/C22H25ClFN5OS/c1-4-19(28(2)3)21-26-27-22(29(21)13-15-8-6-5-7-9-15)31-14-20(30)25-18-11-10-16(23)12-17(18)24/h5-12,19H,4,13-14H2,1-3H3,(H,25,30). The van der Waals surface area contributed by atoms with E-state index in [0.717, 1.165) is 17.8 Å². The Bertz CT molecular complexity index is 1030. The molecule has 1 unspecified atom stereocenters. The van der Waals surface area contributed by atoms with Crippen LogP contribution in [0.25, 0.3) is 0 Å². The molecule has 1 aromatic heterocycles. The van der Waals surface area contributed by atoms with E-state index < -0.39 is 5.82 Å². The van der Waals surface area contributed by atoms with Gasteiger partial charge in [-0.1, -0.05) is 60.6 Å². The highest BCUT2D eigenvalue weighted by atomic mass is 35.5. The number of carbonyl (C=O) groups excluding carboxylic acids is 1. The average molecular weight is 462 g/mol. The Balaban J connectivity index is 1.78. The van der Waals surface area contributed by atoms with Crippen LogP contribution in [0, 0.1) is 5.82 Å². The molecule has 31 heavy (non-hydrogen) atoms. The van der Waals surface area contributed by atoms with Crippen molar-refractivity contribution in [3.8, 4) is 0 Å². The minimum absolute atomic E-state index is 0.0771. The smallest absolute Gasteiger partial charge is 0.234 e.